The zero-order valence-electron chi connectivity index (χ0n) is 19.9. The molecular weight excluding hydrogens is 492 g/mol. The minimum atomic E-state index is -1.72. The van der Waals surface area contributed by atoms with Crippen molar-refractivity contribution in [1.82, 2.24) is 0 Å². The Morgan fingerprint density at radius 2 is 1.54 bits per heavy atom. The molecule has 0 radical (unpaired) electrons. The lowest BCUT2D eigenvalue weighted by Crippen LogP contribution is -2.61. The lowest BCUT2D eigenvalue weighted by molar-refractivity contribution is -0.276. The van der Waals surface area contributed by atoms with Gasteiger partial charge in [0.2, 0.25) is 17.5 Å². The summed E-state index contributed by atoms with van der Waals surface area (Å²) in [5.74, 6) is -3.14. The van der Waals surface area contributed by atoms with Gasteiger partial charge >= 0.3 is 11.9 Å². The predicted molar refractivity (Wildman–Crippen MR) is 125 cm³/mol. The smallest absolute Gasteiger partial charge is 0.303 e. The van der Waals surface area contributed by atoms with E-state index in [1.165, 1.54) is 31.2 Å². The number of fused-ring (bicyclic) bond motifs is 1. The monoisotopic (exact) mass is 516 g/mol. The quantitative estimate of drug-likeness (QED) is 0.362. The molecule has 0 amide bonds. The molecule has 4 rings (SSSR count). The van der Waals surface area contributed by atoms with E-state index in [4.69, 9.17) is 23.4 Å². The summed E-state index contributed by atoms with van der Waals surface area (Å²) in [5.41, 5.74) is -0.761. The second-order valence-corrected chi connectivity index (χ2v) is 8.44. The molecule has 2 heterocycles. The van der Waals surface area contributed by atoms with Crippen molar-refractivity contribution in [1.29, 1.82) is 0 Å². The highest BCUT2D eigenvalue weighted by Crippen LogP contribution is 2.37. The van der Waals surface area contributed by atoms with Crippen molar-refractivity contribution in [3.8, 4) is 34.3 Å². The number of hydrogen-bond acceptors (Lipinski definition) is 12. The van der Waals surface area contributed by atoms with E-state index < -0.39 is 59.6 Å². The van der Waals surface area contributed by atoms with Crippen LogP contribution in [0.25, 0.3) is 22.3 Å². The van der Waals surface area contributed by atoms with Gasteiger partial charge in [-0.25, -0.2) is 0 Å². The number of carbonyl (C=O) groups is 2. The van der Waals surface area contributed by atoms with Crippen molar-refractivity contribution in [2.45, 2.75) is 51.5 Å². The minimum Gasteiger partial charge on any atom is -0.508 e. The van der Waals surface area contributed by atoms with Gasteiger partial charge in [-0.1, -0.05) is 0 Å². The van der Waals surface area contributed by atoms with Crippen molar-refractivity contribution in [3.63, 3.8) is 0 Å². The van der Waals surface area contributed by atoms with Gasteiger partial charge in [0.25, 0.3) is 0 Å². The van der Waals surface area contributed by atoms with Gasteiger partial charge in [-0.2, -0.15) is 0 Å². The van der Waals surface area contributed by atoms with Crippen LogP contribution in [0.4, 0.5) is 0 Å². The molecule has 0 unspecified atom stereocenters. The highest BCUT2D eigenvalue weighted by atomic mass is 16.7. The first-order valence-electron chi connectivity index (χ1n) is 11.1. The molecule has 196 valence electrons. The Kier molecular flexibility index (Phi) is 6.96. The van der Waals surface area contributed by atoms with Gasteiger partial charge in [0, 0.05) is 31.5 Å². The van der Waals surface area contributed by atoms with E-state index in [2.05, 4.69) is 0 Å². The summed E-state index contributed by atoms with van der Waals surface area (Å²) in [4.78, 5) is 36.8. The lowest BCUT2D eigenvalue weighted by Gasteiger charge is -2.41. The standard InChI is InChI=1S/C25H24O12/c1-10-21(34-11(2)26)24(35-12(3)27)20(32)25(33-10)37-23-19(31)18-16(30)8-15(29)9-17(18)36-22(23)13-4-6-14(28)7-5-13/h4-10,20-21,24-25,28-30,32H,1-3H3/t10-,20-,21+,24-,25+/m0/s1. The molecule has 4 N–H and O–H groups in total. The molecule has 3 aromatic rings. The minimum absolute atomic E-state index is 0.0646. The number of phenolic OH excluding ortho intramolecular Hbond substituents is 3. The highest BCUT2D eigenvalue weighted by molar-refractivity contribution is 5.88. The Morgan fingerprint density at radius 1 is 0.919 bits per heavy atom. The van der Waals surface area contributed by atoms with Crippen LogP contribution >= 0.6 is 0 Å². The zero-order valence-corrected chi connectivity index (χ0v) is 19.9. The molecule has 0 spiro atoms. The van der Waals surface area contributed by atoms with Crippen LogP contribution in [0, 0.1) is 0 Å². The van der Waals surface area contributed by atoms with Crippen LogP contribution in [0.1, 0.15) is 20.8 Å². The van der Waals surface area contributed by atoms with Gasteiger partial charge in [-0.3, -0.25) is 14.4 Å². The maximum Gasteiger partial charge on any atom is 0.303 e. The van der Waals surface area contributed by atoms with Crippen LogP contribution < -0.4 is 10.2 Å². The van der Waals surface area contributed by atoms with E-state index in [-0.39, 0.29) is 33.8 Å². The van der Waals surface area contributed by atoms with Crippen LogP contribution in [-0.2, 0) is 23.8 Å². The van der Waals surface area contributed by atoms with E-state index in [0.717, 1.165) is 26.0 Å². The molecule has 1 aliphatic heterocycles. The molecule has 37 heavy (non-hydrogen) atoms. The normalized spacial score (nSPS) is 23.4. The van der Waals surface area contributed by atoms with Crippen molar-refractivity contribution >= 4 is 22.9 Å². The molecule has 1 saturated heterocycles. The number of hydrogen-bond donors (Lipinski definition) is 4. The van der Waals surface area contributed by atoms with E-state index in [1.54, 1.807) is 0 Å². The molecule has 0 bridgehead atoms. The summed E-state index contributed by atoms with van der Waals surface area (Å²) in [6, 6.07) is 7.58. The summed E-state index contributed by atoms with van der Waals surface area (Å²) < 4.78 is 27.7. The van der Waals surface area contributed by atoms with Crippen LogP contribution in [0.15, 0.2) is 45.6 Å². The molecule has 0 aliphatic carbocycles. The Bertz CT molecular complexity index is 1390. The first kappa shape index (κ1) is 25.8. The van der Waals surface area contributed by atoms with E-state index in [0.29, 0.717) is 0 Å². The van der Waals surface area contributed by atoms with E-state index in [1.807, 2.05) is 0 Å². The number of aliphatic hydroxyl groups excluding tert-OH is 1. The first-order chi connectivity index (χ1) is 17.5. The summed E-state index contributed by atoms with van der Waals surface area (Å²) >= 11 is 0. The summed E-state index contributed by atoms with van der Waals surface area (Å²) in [5, 5.41) is 40.5. The van der Waals surface area contributed by atoms with E-state index in [9.17, 15) is 34.8 Å². The van der Waals surface area contributed by atoms with Gasteiger partial charge < -0.3 is 43.8 Å². The third-order valence-electron chi connectivity index (χ3n) is 5.64. The van der Waals surface area contributed by atoms with Gasteiger partial charge in [0.05, 0.1) is 6.10 Å². The largest absolute Gasteiger partial charge is 0.508 e. The van der Waals surface area contributed by atoms with Gasteiger partial charge in [0.1, 0.15) is 28.2 Å². The molecule has 5 atom stereocenters. The molecule has 1 aliphatic rings. The first-order valence-corrected chi connectivity index (χ1v) is 11.1. The maximum atomic E-state index is 13.5. The Labute approximate surface area is 209 Å². The number of aliphatic hydroxyl groups is 1. The SMILES string of the molecule is CC(=O)O[C@H]1[C@H](O)[C@@H](Oc2c(-c3ccc(O)cc3)oc3cc(O)cc(O)c3c2=O)O[C@@H](C)[C@H]1OC(C)=O. The number of ether oxygens (including phenoxy) is 4. The van der Waals surface area contributed by atoms with E-state index >= 15 is 0 Å². The summed E-state index contributed by atoms with van der Waals surface area (Å²) in [6.45, 7) is 3.73. The van der Waals surface area contributed by atoms with Crippen LogP contribution in [-0.4, -0.2) is 63.1 Å². The fourth-order valence-corrected chi connectivity index (χ4v) is 4.06. The Balaban J connectivity index is 1.83. The number of benzene rings is 2. The molecule has 0 saturated carbocycles. The fourth-order valence-electron chi connectivity index (χ4n) is 4.06. The lowest BCUT2D eigenvalue weighted by atomic mass is 9.99. The molecular formula is C25H24O12. The van der Waals surface area contributed by atoms with Gasteiger partial charge in [0.15, 0.2) is 24.1 Å². The topological polar surface area (TPSA) is 182 Å². The van der Waals surface area contributed by atoms with Crippen LogP contribution in [0.5, 0.6) is 23.0 Å². The average molecular weight is 516 g/mol. The highest BCUT2D eigenvalue weighted by Gasteiger charge is 2.49. The molecule has 12 nitrogen and oxygen atoms in total. The fraction of sp³-hybridized carbons (Fsp3) is 0.320. The third-order valence-corrected chi connectivity index (χ3v) is 5.64. The third kappa shape index (κ3) is 5.15. The molecule has 2 aromatic carbocycles. The summed E-state index contributed by atoms with van der Waals surface area (Å²) in [7, 11) is 0. The zero-order chi connectivity index (χ0) is 27.0. The predicted octanol–water partition coefficient (Wildman–Crippen LogP) is 1.92. The number of phenols is 3. The van der Waals surface area contributed by atoms with Crippen molar-refractivity contribution in [2.75, 3.05) is 0 Å². The summed E-state index contributed by atoms with van der Waals surface area (Å²) in [6.07, 6.45) is -6.85. The number of esters is 2. The maximum absolute atomic E-state index is 13.5. The Hall–Kier alpha value is -4.29. The molecule has 12 heteroatoms. The van der Waals surface area contributed by atoms with Crippen molar-refractivity contribution in [2.24, 2.45) is 0 Å². The second-order valence-electron chi connectivity index (χ2n) is 8.44. The van der Waals surface area contributed by atoms with Crippen LogP contribution in [0.3, 0.4) is 0 Å². The van der Waals surface area contributed by atoms with Crippen LogP contribution in [0.2, 0.25) is 0 Å². The van der Waals surface area contributed by atoms with Gasteiger partial charge in [-0.15, -0.1) is 0 Å². The Morgan fingerprint density at radius 3 is 2.16 bits per heavy atom. The average Bonchev–Trinajstić information content (AvgIpc) is 2.80. The molecule has 1 aromatic heterocycles. The second kappa shape index (κ2) is 9.99. The molecule has 1 fully saturated rings. The van der Waals surface area contributed by atoms with Gasteiger partial charge in [-0.05, 0) is 31.2 Å². The van der Waals surface area contributed by atoms with Crippen molar-refractivity contribution in [3.05, 3.63) is 46.6 Å². The number of aromatic hydroxyl groups is 3. The number of carbonyl (C=O) groups excluding carboxylic acids is 2. The van der Waals surface area contributed by atoms with Crippen molar-refractivity contribution < 1.29 is 53.4 Å². The number of rotatable bonds is 5.